The summed E-state index contributed by atoms with van der Waals surface area (Å²) < 4.78 is 34.4. The number of rotatable bonds is 7. The van der Waals surface area contributed by atoms with Crippen molar-refractivity contribution >= 4 is 0 Å². The third-order valence-corrected chi connectivity index (χ3v) is 4.39. The monoisotopic (exact) mass is 413 g/mol. The average Bonchev–Trinajstić information content (AvgIpc) is 3.39. The fourth-order valence-electron chi connectivity index (χ4n) is 2.75. The molecule has 0 unspecified atom stereocenters. The maximum Gasteiger partial charge on any atom is 0.263 e. The molecule has 0 fully saturated rings. The molecule has 1 aromatic carbocycles. The number of aliphatic hydroxyl groups excluding tert-OH is 1. The molecule has 0 aliphatic heterocycles. The molecular weight excluding hydrogens is 396 g/mol. The van der Waals surface area contributed by atoms with Gasteiger partial charge in [0, 0.05) is 17.8 Å². The van der Waals surface area contributed by atoms with Crippen molar-refractivity contribution < 1.29 is 18.6 Å². The molecule has 4 rings (SSSR count). The Kier molecular flexibility index (Phi) is 5.44. The lowest BCUT2D eigenvalue weighted by molar-refractivity contribution is 0.151. The Hall–Kier alpha value is -3.73. The van der Waals surface area contributed by atoms with Crippen LogP contribution in [0.2, 0.25) is 0 Å². The summed E-state index contributed by atoms with van der Waals surface area (Å²) in [5, 5.41) is 25.3. The van der Waals surface area contributed by atoms with Crippen LogP contribution in [0.1, 0.15) is 29.1 Å². The Morgan fingerprint density at radius 1 is 1.07 bits per heavy atom. The number of hydrogen-bond acceptors (Lipinski definition) is 7. The average molecular weight is 413 g/mol. The van der Waals surface area contributed by atoms with Gasteiger partial charge >= 0.3 is 0 Å². The summed E-state index contributed by atoms with van der Waals surface area (Å²) in [5.74, 6) is 0.818. The number of hydrogen-bond donors (Lipinski definition) is 1. The van der Waals surface area contributed by atoms with Crippen LogP contribution in [0.25, 0.3) is 11.5 Å². The van der Waals surface area contributed by atoms with E-state index in [9.17, 15) is 8.78 Å². The zero-order valence-electron chi connectivity index (χ0n) is 15.9. The maximum absolute atomic E-state index is 12.8. The fourth-order valence-corrected chi connectivity index (χ4v) is 2.75. The fraction of sp³-hybridized carbons (Fsp3) is 0.211. The first-order valence-corrected chi connectivity index (χ1v) is 8.95. The highest BCUT2D eigenvalue weighted by molar-refractivity contribution is 5.36. The van der Waals surface area contributed by atoms with Crippen molar-refractivity contribution in [3.8, 4) is 17.4 Å². The van der Waals surface area contributed by atoms with Gasteiger partial charge < -0.3 is 9.84 Å². The van der Waals surface area contributed by atoms with Crippen molar-refractivity contribution in [2.45, 2.75) is 26.6 Å². The maximum atomic E-state index is 12.8. The van der Waals surface area contributed by atoms with E-state index in [0.29, 0.717) is 34.5 Å². The van der Waals surface area contributed by atoms with E-state index in [2.05, 4.69) is 25.5 Å². The van der Waals surface area contributed by atoms with Crippen molar-refractivity contribution in [2.75, 3.05) is 0 Å². The number of nitrogens with zero attached hydrogens (tertiary/aromatic N) is 7. The quantitative estimate of drug-likeness (QED) is 0.497. The molecule has 0 aliphatic carbocycles. The van der Waals surface area contributed by atoms with E-state index in [1.165, 1.54) is 23.1 Å². The second-order valence-electron chi connectivity index (χ2n) is 6.37. The summed E-state index contributed by atoms with van der Waals surface area (Å²) in [6.45, 7) is 1.74. The normalized spacial score (nSPS) is 11.2. The van der Waals surface area contributed by atoms with Crippen molar-refractivity contribution in [3.05, 3.63) is 71.6 Å². The molecule has 30 heavy (non-hydrogen) atoms. The van der Waals surface area contributed by atoms with Crippen LogP contribution in [-0.2, 0) is 13.2 Å². The van der Waals surface area contributed by atoms with Crippen LogP contribution in [0.5, 0.6) is 5.88 Å². The predicted molar refractivity (Wildman–Crippen MR) is 100 cm³/mol. The second-order valence-corrected chi connectivity index (χ2v) is 6.37. The van der Waals surface area contributed by atoms with Crippen molar-refractivity contribution in [1.29, 1.82) is 0 Å². The van der Waals surface area contributed by atoms with Crippen molar-refractivity contribution in [3.63, 3.8) is 0 Å². The Balaban J connectivity index is 1.48. The Bertz CT molecular complexity index is 1120. The molecule has 0 saturated heterocycles. The summed E-state index contributed by atoms with van der Waals surface area (Å²) in [5.41, 5.74) is 2.36. The molecule has 3 heterocycles. The molecule has 0 amide bonds. The molecule has 0 spiro atoms. The SMILES string of the molecule is Cc1nnn(-c2ccc(C(F)F)cc2)c1COc1ccc(-n2cnc(CO)c2)nn1. The van der Waals surface area contributed by atoms with Gasteiger partial charge in [0.15, 0.2) is 5.82 Å². The number of aromatic nitrogens is 7. The first-order valence-electron chi connectivity index (χ1n) is 8.95. The van der Waals surface area contributed by atoms with E-state index in [0.717, 1.165) is 0 Å². The molecule has 0 aliphatic rings. The number of halogens is 2. The van der Waals surface area contributed by atoms with Crippen molar-refractivity contribution in [2.24, 2.45) is 0 Å². The van der Waals surface area contributed by atoms with E-state index < -0.39 is 6.43 Å². The van der Waals surface area contributed by atoms with Crippen LogP contribution in [0.4, 0.5) is 8.78 Å². The van der Waals surface area contributed by atoms with Crippen LogP contribution in [0, 0.1) is 6.92 Å². The van der Waals surface area contributed by atoms with E-state index in [1.807, 2.05) is 0 Å². The molecule has 0 saturated carbocycles. The Labute approximate surface area is 169 Å². The summed E-state index contributed by atoms with van der Waals surface area (Å²) in [4.78, 5) is 4.02. The van der Waals surface area contributed by atoms with Gasteiger partial charge in [0.2, 0.25) is 5.88 Å². The lowest BCUT2D eigenvalue weighted by Crippen LogP contribution is -2.08. The highest BCUT2D eigenvalue weighted by Crippen LogP contribution is 2.21. The van der Waals surface area contributed by atoms with E-state index in [-0.39, 0.29) is 18.8 Å². The Morgan fingerprint density at radius 2 is 1.87 bits per heavy atom. The summed E-state index contributed by atoms with van der Waals surface area (Å²) in [6.07, 6.45) is 0.652. The minimum absolute atomic E-state index is 0.0623. The van der Waals surface area contributed by atoms with Crippen LogP contribution < -0.4 is 4.74 Å². The minimum atomic E-state index is -2.53. The Morgan fingerprint density at radius 3 is 2.50 bits per heavy atom. The molecular formula is C19H17F2N7O2. The zero-order chi connectivity index (χ0) is 21.1. The highest BCUT2D eigenvalue weighted by atomic mass is 19.3. The summed E-state index contributed by atoms with van der Waals surface area (Å²) in [6, 6.07) is 9.17. The summed E-state index contributed by atoms with van der Waals surface area (Å²) >= 11 is 0. The van der Waals surface area contributed by atoms with Crippen LogP contribution in [0.15, 0.2) is 48.9 Å². The molecule has 9 nitrogen and oxygen atoms in total. The molecule has 4 aromatic rings. The zero-order valence-corrected chi connectivity index (χ0v) is 15.9. The van der Waals surface area contributed by atoms with Crippen molar-refractivity contribution in [1.82, 2.24) is 34.7 Å². The van der Waals surface area contributed by atoms with Gasteiger partial charge in [-0.1, -0.05) is 17.3 Å². The van der Waals surface area contributed by atoms with Gasteiger partial charge in [0.25, 0.3) is 6.43 Å². The molecule has 1 N–H and O–H groups in total. The highest BCUT2D eigenvalue weighted by Gasteiger charge is 2.14. The van der Waals surface area contributed by atoms with E-state index in [1.54, 1.807) is 42.0 Å². The van der Waals surface area contributed by atoms with Gasteiger partial charge in [-0.05, 0) is 25.1 Å². The van der Waals surface area contributed by atoms with Gasteiger partial charge in [-0.3, -0.25) is 4.57 Å². The topological polar surface area (TPSA) is 104 Å². The number of aryl methyl sites for hydroxylation is 1. The molecule has 0 radical (unpaired) electrons. The molecule has 3 aromatic heterocycles. The lowest BCUT2D eigenvalue weighted by Gasteiger charge is -2.09. The third-order valence-electron chi connectivity index (χ3n) is 4.39. The van der Waals surface area contributed by atoms with Gasteiger partial charge in [-0.15, -0.1) is 15.3 Å². The van der Waals surface area contributed by atoms with Gasteiger partial charge in [-0.2, -0.15) is 0 Å². The van der Waals surface area contributed by atoms with Gasteiger partial charge in [-0.25, -0.2) is 18.4 Å². The van der Waals surface area contributed by atoms with Crippen LogP contribution >= 0.6 is 0 Å². The molecule has 11 heteroatoms. The first-order chi connectivity index (χ1) is 14.5. The number of alkyl halides is 2. The predicted octanol–water partition coefficient (Wildman–Crippen LogP) is 2.56. The van der Waals surface area contributed by atoms with Crippen LogP contribution in [0.3, 0.4) is 0 Å². The summed E-state index contributed by atoms with van der Waals surface area (Å²) in [7, 11) is 0. The number of ether oxygens (including phenoxy) is 1. The second kappa shape index (κ2) is 8.33. The first kappa shape index (κ1) is 19.6. The van der Waals surface area contributed by atoms with E-state index in [4.69, 9.17) is 9.84 Å². The van der Waals surface area contributed by atoms with Crippen LogP contribution in [-0.4, -0.2) is 39.8 Å². The largest absolute Gasteiger partial charge is 0.470 e. The molecule has 154 valence electrons. The smallest absolute Gasteiger partial charge is 0.263 e. The minimum Gasteiger partial charge on any atom is -0.470 e. The number of aliphatic hydroxyl groups is 1. The molecule has 0 atom stereocenters. The lowest BCUT2D eigenvalue weighted by atomic mass is 10.2. The van der Waals surface area contributed by atoms with Gasteiger partial charge in [0.1, 0.15) is 18.6 Å². The third kappa shape index (κ3) is 4.01. The molecule has 0 bridgehead atoms. The number of benzene rings is 1. The standard InChI is InChI=1S/C19H17F2N7O2/c1-12-16(28(26-23-12)15-4-2-13(3-5-15)19(20)21)10-30-18-7-6-17(24-25-18)27-8-14(9-29)22-11-27/h2-8,11,19,29H,9-10H2,1H3. The van der Waals surface area contributed by atoms with Gasteiger partial charge in [0.05, 0.1) is 23.7 Å². The van der Waals surface area contributed by atoms with E-state index >= 15 is 0 Å². The number of imidazole rings is 1.